The number of rotatable bonds is 5. The van der Waals surface area contributed by atoms with Crippen LogP contribution in [0.3, 0.4) is 0 Å². The Kier molecular flexibility index (Phi) is 6.12. The minimum Gasteiger partial charge on any atom is -0.279 e. The van der Waals surface area contributed by atoms with Crippen molar-refractivity contribution in [2.45, 2.75) is 0 Å². The van der Waals surface area contributed by atoms with E-state index in [1.54, 1.807) is 0 Å². The fourth-order valence-corrected chi connectivity index (χ4v) is 6.30. The van der Waals surface area contributed by atoms with E-state index in [2.05, 4.69) is 130 Å². The maximum Gasteiger partial charge on any atom is 0.138 e. The Morgan fingerprint density at radius 3 is 1.42 bits per heavy atom. The summed E-state index contributed by atoms with van der Waals surface area (Å²) in [7, 11) is 0. The molecule has 2 heterocycles. The average Bonchev–Trinajstić information content (AvgIpc) is 3.08. The molecule has 2 aromatic heterocycles. The SMILES string of the molecule is c1ccc(N(c2ccc(-c3c4ccccc4c(-c4cccc5ccccc45)c4ccccc34)cc2)c2ccccn2)nc1. The minimum absolute atomic E-state index is 0.823. The first-order chi connectivity index (χ1) is 21.4. The molecule has 6 aromatic carbocycles. The number of nitrogens with zero attached hydrogens (tertiary/aromatic N) is 3. The molecule has 0 N–H and O–H groups in total. The number of anilines is 3. The highest BCUT2D eigenvalue weighted by atomic mass is 15.2. The molecule has 0 aliphatic heterocycles. The van der Waals surface area contributed by atoms with Crippen molar-refractivity contribution in [3.63, 3.8) is 0 Å². The van der Waals surface area contributed by atoms with Crippen LogP contribution in [0.25, 0.3) is 54.6 Å². The highest BCUT2D eigenvalue weighted by Gasteiger charge is 2.19. The van der Waals surface area contributed by atoms with Crippen LogP contribution in [0.15, 0.2) is 164 Å². The Morgan fingerprint density at radius 2 is 0.860 bits per heavy atom. The van der Waals surface area contributed by atoms with Gasteiger partial charge in [-0.1, -0.05) is 115 Å². The zero-order chi connectivity index (χ0) is 28.6. The van der Waals surface area contributed by atoms with Crippen LogP contribution < -0.4 is 4.90 Å². The zero-order valence-electron chi connectivity index (χ0n) is 23.4. The van der Waals surface area contributed by atoms with Crippen LogP contribution in [0.1, 0.15) is 0 Å². The van der Waals surface area contributed by atoms with E-state index in [-0.39, 0.29) is 0 Å². The number of hydrogen-bond acceptors (Lipinski definition) is 3. The summed E-state index contributed by atoms with van der Waals surface area (Å²) >= 11 is 0. The van der Waals surface area contributed by atoms with Crippen molar-refractivity contribution in [3.8, 4) is 22.3 Å². The van der Waals surface area contributed by atoms with Gasteiger partial charge >= 0.3 is 0 Å². The van der Waals surface area contributed by atoms with Gasteiger partial charge in [0.25, 0.3) is 0 Å². The first-order valence-corrected chi connectivity index (χ1v) is 14.5. The van der Waals surface area contributed by atoms with Crippen LogP contribution >= 0.6 is 0 Å². The van der Waals surface area contributed by atoms with Gasteiger partial charge in [-0.15, -0.1) is 0 Å². The Morgan fingerprint density at radius 1 is 0.372 bits per heavy atom. The molecule has 0 amide bonds. The third-order valence-electron chi connectivity index (χ3n) is 8.16. The summed E-state index contributed by atoms with van der Waals surface area (Å²) in [6.45, 7) is 0. The van der Waals surface area contributed by atoms with Crippen LogP contribution in [-0.4, -0.2) is 9.97 Å². The Labute approximate surface area is 250 Å². The number of aromatic nitrogens is 2. The van der Waals surface area contributed by atoms with E-state index in [0.717, 1.165) is 17.3 Å². The Bertz CT molecular complexity index is 2120. The molecule has 0 radical (unpaired) electrons. The lowest BCUT2D eigenvalue weighted by molar-refractivity contribution is 1.13. The molecule has 0 aliphatic rings. The first-order valence-electron chi connectivity index (χ1n) is 14.5. The summed E-state index contributed by atoms with van der Waals surface area (Å²) in [5.41, 5.74) is 5.95. The molecular weight excluding hydrogens is 522 g/mol. The van der Waals surface area contributed by atoms with Gasteiger partial charge in [-0.2, -0.15) is 0 Å². The number of hydrogen-bond donors (Lipinski definition) is 0. The molecule has 3 heteroatoms. The molecule has 43 heavy (non-hydrogen) atoms. The van der Waals surface area contributed by atoms with Crippen LogP contribution in [0, 0.1) is 0 Å². The lowest BCUT2D eigenvalue weighted by Crippen LogP contribution is -2.12. The molecule has 0 unspecified atom stereocenters. The standard InChI is InChI=1S/C40H27N3/c1-2-14-31-28(12-1)13-11-19-32(31)40-35-17-5-3-15-33(35)39(34-16-4-6-18-36(34)40)29-22-24-30(25-23-29)43(37-20-7-9-26-41-37)38-21-8-10-27-42-38/h1-27H. The first kappa shape index (κ1) is 25.0. The molecule has 0 bridgehead atoms. The minimum atomic E-state index is 0.823. The van der Waals surface area contributed by atoms with Gasteiger partial charge < -0.3 is 0 Å². The van der Waals surface area contributed by atoms with E-state index in [9.17, 15) is 0 Å². The maximum atomic E-state index is 4.64. The van der Waals surface area contributed by atoms with Crippen molar-refractivity contribution in [3.05, 3.63) is 164 Å². The van der Waals surface area contributed by atoms with Crippen molar-refractivity contribution in [2.75, 3.05) is 4.90 Å². The van der Waals surface area contributed by atoms with E-state index in [1.807, 2.05) is 48.8 Å². The fourth-order valence-electron chi connectivity index (χ4n) is 6.30. The van der Waals surface area contributed by atoms with Gasteiger partial charge in [0.2, 0.25) is 0 Å². The van der Waals surface area contributed by atoms with Crippen molar-refractivity contribution in [1.82, 2.24) is 9.97 Å². The highest BCUT2D eigenvalue weighted by Crippen LogP contribution is 2.45. The monoisotopic (exact) mass is 549 g/mol. The lowest BCUT2D eigenvalue weighted by atomic mass is 9.85. The molecule has 3 nitrogen and oxygen atoms in total. The molecule has 0 spiro atoms. The highest BCUT2D eigenvalue weighted by molar-refractivity contribution is 6.23. The van der Waals surface area contributed by atoms with E-state index in [4.69, 9.17) is 0 Å². The van der Waals surface area contributed by atoms with Gasteiger partial charge in [0.1, 0.15) is 11.6 Å². The predicted octanol–water partition coefficient (Wildman–Crippen LogP) is 10.7. The van der Waals surface area contributed by atoms with Gasteiger partial charge in [-0.25, -0.2) is 9.97 Å². The number of pyridine rings is 2. The van der Waals surface area contributed by atoms with E-state index >= 15 is 0 Å². The normalized spacial score (nSPS) is 11.3. The van der Waals surface area contributed by atoms with Crippen molar-refractivity contribution in [1.29, 1.82) is 0 Å². The van der Waals surface area contributed by atoms with Crippen molar-refractivity contribution >= 4 is 49.6 Å². The maximum absolute atomic E-state index is 4.64. The third-order valence-corrected chi connectivity index (χ3v) is 8.16. The largest absolute Gasteiger partial charge is 0.279 e. The van der Waals surface area contributed by atoms with Crippen LogP contribution in [0.4, 0.5) is 17.3 Å². The summed E-state index contributed by atoms with van der Waals surface area (Å²) in [4.78, 5) is 11.4. The van der Waals surface area contributed by atoms with E-state index in [0.29, 0.717) is 0 Å². The second kappa shape index (κ2) is 10.6. The van der Waals surface area contributed by atoms with Crippen molar-refractivity contribution in [2.24, 2.45) is 0 Å². The topological polar surface area (TPSA) is 29.0 Å². The van der Waals surface area contributed by atoms with Gasteiger partial charge in [-0.05, 0) is 91.0 Å². The second-order valence-electron chi connectivity index (χ2n) is 10.6. The molecule has 0 atom stereocenters. The van der Waals surface area contributed by atoms with E-state index < -0.39 is 0 Å². The molecular formula is C40H27N3. The van der Waals surface area contributed by atoms with E-state index in [1.165, 1.54) is 54.6 Å². The fraction of sp³-hybridized carbons (Fsp3) is 0. The summed E-state index contributed by atoms with van der Waals surface area (Å²) in [6.07, 6.45) is 3.63. The van der Waals surface area contributed by atoms with Gasteiger partial charge in [0.05, 0.1) is 0 Å². The summed E-state index contributed by atoms with van der Waals surface area (Å²) in [6, 6.07) is 53.6. The lowest BCUT2D eigenvalue weighted by Gasteiger charge is -2.23. The van der Waals surface area contributed by atoms with Gasteiger partial charge in [0, 0.05) is 18.1 Å². The third kappa shape index (κ3) is 4.30. The Balaban J connectivity index is 1.35. The number of benzene rings is 6. The molecule has 8 rings (SSSR count). The van der Waals surface area contributed by atoms with Gasteiger partial charge in [0.15, 0.2) is 0 Å². The molecule has 0 aliphatic carbocycles. The van der Waals surface area contributed by atoms with Crippen LogP contribution in [0.5, 0.6) is 0 Å². The van der Waals surface area contributed by atoms with Crippen LogP contribution in [0.2, 0.25) is 0 Å². The quantitative estimate of drug-likeness (QED) is 0.200. The van der Waals surface area contributed by atoms with Crippen molar-refractivity contribution < 1.29 is 0 Å². The number of fused-ring (bicyclic) bond motifs is 3. The van der Waals surface area contributed by atoms with Crippen LogP contribution in [-0.2, 0) is 0 Å². The predicted molar refractivity (Wildman–Crippen MR) is 180 cm³/mol. The molecule has 0 saturated carbocycles. The molecule has 8 aromatic rings. The summed E-state index contributed by atoms with van der Waals surface area (Å²) < 4.78 is 0. The Hall–Kier alpha value is -5.80. The summed E-state index contributed by atoms with van der Waals surface area (Å²) in [5.74, 6) is 1.65. The molecule has 0 fully saturated rings. The second-order valence-corrected chi connectivity index (χ2v) is 10.6. The van der Waals surface area contributed by atoms with Gasteiger partial charge in [-0.3, -0.25) is 4.90 Å². The summed E-state index contributed by atoms with van der Waals surface area (Å²) in [5, 5.41) is 7.49. The molecule has 202 valence electrons. The smallest absolute Gasteiger partial charge is 0.138 e. The zero-order valence-corrected chi connectivity index (χ0v) is 23.4. The molecule has 0 saturated heterocycles. The average molecular weight is 550 g/mol.